The van der Waals surface area contributed by atoms with Gasteiger partial charge in [0.25, 0.3) is 10.1 Å². The molecule has 0 aliphatic carbocycles. The fourth-order valence-electron chi connectivity index (χ4n) is 3.28. The van der Waals surface area contributed by atoms with Crippen molar-refractivity contribution in [3.63, 3.8) is 0 Å². The normalized spacial score (nSPS) is 20.7. The van der Waals surface area contributed by atoms with E-state index in [4.69, 9.17) is 9.99 Å². The minimum absolute atomic E-state index is 0.0487. The molecule has 0 spiro atoms. The van der Waals surface area contributed by atoms with Gasteiger partial charge in [0, 0.05) is 6.42 Å². The lowest BCUT2D eigenvalue weighted by Gasteiger charge is -2.12. The van der Waals surface area contributed by atoms with Crippen LogP contribution in [0.15, 0.2) is 0 Å². The Morgan fingerprint density at radius 3 is 2.35 bits per heavy atom. The Balaban J connectivity index is 2.11. The number of unbranched alkanes of at least 4 members (excludes halogenated alkanes) is 7. The molecule has 1 rings (SSSR count). The summed E-state index contributed by atoms with van der Waals surface area (Å²) in [5.74, 6) is -0.595. The van der Waals surface area contributed by atoms with E-state index in [1.807, 2.05) is 0 Å². The quantitative estimate of drug-likeness (QED) is 0.133. The molecule has 0 amide bonds. The average Bonchev–Trinajstić information content (AvgIpc) is 3.33. The van der Waals surface area contributed by atoms with Gasteiger partial charge in [-0.25, -0.2) is 4.79 Å². The molecule has 7 nitrogen and oxygen atoms in total. The minimum Gasteiger partial charge on any atom is -0.370 e. The Morgan fingerprint density at radius 2 is 1.69 bits per heavy atom. The molecular formula is C18H34O7S. The lowest BCUT2D eigenvalue weighted by molar-refractivity contribution is -0.234. The van der Waals surface area contributed by atoms with E-state index in [0.29, 0.717) is 19.3 Å². The zero-order valence-corrected chi connectivity index (χ0v) is 16.6. The standard InChI is InChI=1S/C18H34O7S/c1-2-3-4-8-11-15(26(21,22)23)14-17-16(24-17)12-9-6-5-7-10-13-18(19)25-20/h15-17,20H,2-14H2,1H3,(H,21,22,23). The molecule has 0 aromatic rings. The summed E-state index contributed by atoms with van der Waals surface area (Å²) in [6.07, 6.45) is 10.7. The molecule has 1 aliphatic rings. The monoisotopic (exact) mass is 394 g/mol. The van der Waals surface area contributed by atoms with Gasteiger partial charge in [0.1, 0.15) is 0 Å². The first kappa shape index (κ1) is 23.3. The van der Waals surface area contributed by atoms with E-state index in [-0.39, 0.29) is 18.6 Å². The molecule has 0 saturated carbocycles. The maximum absolute atomic E-state index is 11.5. The van der Waals surface area contributed by atoms with Crippen molar-refractivity contribution in [1.29, 1.82) is 0 Å². The average molecular weight is 395 g/mol. The molecule has 26 heavy (non-hydrogen) atoms. The zero-order chi connectivity index (χ0) is 19.4. The van der Waals surface area contributed by atoms with E-state index in [2.05, 4.69) is 11.8 Å². The molecule has 0 aromatic heterocycles. The van der Waals surface area contributed by atoms with Crippen molar-refractivity contribution in [3.8, 4) is 0 Å². The molecule has 0 aromatic carbocycles. The highest BCUT2D eigenvalue weighted by atomic mass is 32.2. The van der Waals surface area contributed by atoms with E-state index in [1.165, 1.54) is 0 Å². The summed E-state index contributed by atoms with van der Waals surface area (Å²) >= 11 is 0. The SMILES string of the molecule is CCCCCCC(CC1OC1CCCCCCCC(=O)OO)S(=O)(=O)O. The first-order chi connectivity index (χ1) is 12.4. The Hall–Kier alpha value is -0.700. The van der Waals surface area contributed by atoms with Gasteiger partial charge < -0.3 is 9.62 Å². The summed E-state index contributed by atoms with van der Waals surface area (Å²) in [5.41, 5.74) is 0. The summed E-state index contributed by atoms with van der Waals surface area (Å²) in [6.45, 7) is 2.10. The number of carbonyl (C=O) groups is 1. The smallest absolute Gasteiger partial charge is 0.342 e. The van der Waals surface area contributed by atoms with Crippen LogP contribution in [0.5, 0.6) is 0 Å². The third-order valence-corrected chi connectivity index (χ3v) is 6.23. The Morgan fingerprint density at radius 1 is 1.04 bits per heavy atom. The van der Waals surface area contributed by atoms with Crippen molar-refractivity contribution in [2.24, 2.45) is 0 Å². The number of rotatable bonds is 16. The van der Waals surface area contributed by atoms with Crippen molar-refractivity contribution >= 4 is 16.1 Å². The van der Waals surface area contributed by atoms with E-state index in [1.54, 1.807) is 0 Å². The van der Waals surface area contributed by atoms with Gasteiger partial charge in [0.2, 0.25) is 0 Å². The third-order valence-electron chi connectivity index (χ3n) is 4.96. The summed E-state index contributed by atoms with van der Waals surface area (Å²) in [4.78, 5) is 14.3. The molecule has 2 N–H and O–H groups in total. The second-order valence-corrected chi connectivity index (χ2v) is 8.90. The van der Waals surface area contributed by atoms with Crippen molar-refractivity contribution in [2.45, 2.75) is 108 Å². The van der Waals surface area contributed by atoms with Gasteiger partial charge in [-0.05, 0) is 25.7 Å². The summed E-state index contributed by atoms with van der Waals surface area (Å²) in [7, 11) is -4.01. The molecule has 1 aliphatic heterocycles. The molecular weight excluding hydrogens is 360 g/mol. The molecule has 1 saturated heterocycles. The summed E-state index contributed by atoms with van der Waals surface area (Å²) in [6, 6.07) is 0. The number of carbonyl (C=O) groups excluding carboxylic acids is 1. The molecule has 154 valence electrons. The maximum atomic E-state index is 11.5. The molecule has 3 atom stereocenters. The van der Waals surface area contributed by atoms with Crippen LogP contribution in [0.2, 0.25) is 0 Å². The number of ether oxygens (including phenoxy) is 1. The van der Waals surface area contributed by atoms with Crippen LogP contribution in [-0.2, 0) is 24.5 Å². The van der Waals surface area contributed by atoms with Gasteiger partial charge in [0.15, 0.2) is 0 Å². The zero-order valence-electron chi connectivity index (χ0n) is 15.8. The Kier molecular flexibility index (Phi) is 11.4. The van der Waals surface area contributed by atoms with Crippen molar-refractivity contribution in [1.82, 2.24) is 0 Å². The van der Waals surface area contributed by atoms with Gasteiger partial charge in [-0.15, -0.1) is 0 Å². The maximum Gasteiger partial charge on any atom is 0.342 e. The largest absolute Gasteiger partial charge is 0.370 e. The summed E-state index contributed by atoms with van der Waals surface area (Å²) < 4.78 is 38.1. The number of hydrogen-bond acceptors (Lipinski definition) is 6. The third kappa shape index (κ3) is 10.4. The molecule has 0 radical (unpaired) electrons. The summed E-state index contributed by atoms with van der Waals surface area (Å²) in [5, 5.41) is 7.43. The van der Waals surface area contributed by atoms with Crippen LogP contribution in [-0.4, -0.2) is 41.7 Å². The van der Waals surface area contributed by atoms with E-state index in [0.717, 1.165) is 57.8 Å². The lowest BCUT2D eigenvalue weighted by Crippen LogP contribution is -2.23. The van der Waals surface area contributed by atoms with Crippen molar-refractivity contribution in [3.05, 3.63) is 0 Å². The number of epoxide rings is 1. The fraction of sp³-hybridized carbons (Fsp3) is 0.944. The second kappa shape index (κ2) is 12.6. The Bertz CT molecular complexity index is 492. The van der Waals surface area contributed by atoms with Crippen molar-refractivity contribution in [2.75, 3.05) is 0 Å². The van der Waals surface area contributed by atoms with Crippen LogP contribution in [0.25, 0.3) is 0 Å². The van der Waals surface area contributed by atoms with Gasteiger partial charge >= 0.3 is 5.97 Å². The van der Waals surface area contributed by atoms with Crippen LogP contribution in [0, 0.1) is 0 Å². The van der Waals surface area contributed by atoms with Crippen LogP contribution < -0.4 is 0 Å². The first-order valence-electron chi connectivity index (χ1n) is 9.84. The predicted molar refractivity (Wildman–Crippen MR) is 98.4 cm³/mol. The molecule has 0 bridgehead atoms. The highest BCUT2D eigenvalue weighted by molar-refractivity contribution is 7.86. The van der Waals surface area contributed by atoms with Crippen LogP contribution >= 0.6 is 0 Å². The highest BCUT2D eigenvalue weighted by Crippen LogP contribution is 2.33. The van der Waals surface area contributed by atoms with Crippen LogP contribution in [0.3, 0.4) is 0 Å². The minimum atomic E-state index is -4.01. The number of hydrogen-bond donors (Lipinski definition) is 2. The second-order valence-electron chi connectivity index (χ2n) is 7.20. The Labute approximate surface area is 157 Å². The van der Waals surface area contributed by atoms with Crippen LogP contribution in [0.1, 0.15) is 90.4 Å². The van der Waals surface area contributed by atoms with E-state index < -0.39 is 21.3 Å². The molecule has 3 unspecified atom stereocenters. The lowest BCUT2D eigenvalue weighted by atomic mass is 10.0. The van der Waals surface area contributed by atoms with Gasteiger partial charge in [0.05, 0.1) is 17.5 Å². The van der Waals surface area contributed by atoms with E-state index in [9.17, 15) is 17.8 Å². The molecule has 1 heterocycles. The van der Waals surface area contributed by atoms with Gasteiger partial charge in [-0.3, -0.25) is 4.55 Å². The van der Waals surface area contributed by atoms with Crippen molar-refractivity contribution < 1.29 is 32.6 Å². The molecule has 8 heteroatoms. The predicted octanol–water partition coefficient (Wildman–Crippen LogP) is 4.12. The van der Waals surface area contributed by atoms with Gasteiger partial charge in [-0.1, -0.05) is 58.3 Å². The fourth-order valence-corrected chi connectivity index (χ4v) is 4.17. The highest BCUT2D eigenvalue weighted by Gasteiger charge is 2.41. The van der Waals surface area contributed by atoms with E-state index >= 15 is 0 Å². The first-order valence-corrected chi connectivity index (χ1v) is 11.3. The molecule has 1 fully saturated rings. The van der Waals surface area contributed by atoms with Gasteiger partial charge in [-0.2, -0.15) is 13.7 Å². The topological polar surface area (TPSA) is 113 Å². The van der Waals surface area contributed by atoms with Crippen LogP contribution in [0.4, 0.5) is 0 Å².